The van der Waals surface area contributed by atoms with E-state index in [9.17, 15) is 0 Å². The zero-order valence-corrected chi connectivity index (χ0v) is 10.00. The lowest BCUT2D eigenvalue weighted by molar-refractivity contribution is 0.760. The lowest BCUT2D eigenvalue weighted by Gasteiger charge is -2.12. The molecule has 1 N–H and O–H groups in total. The molecule has 2 nitrogen and oxygen atoms in total. The number of fused-ring (bicyclic) bond motifs is 1. The molecule has 16 heavy (non-hydrogen) atoms. The van der Waals surface area contributed by atoms with E-state index in [0.717, 1.165) is 12.5 Å². The van der Waals surface area contributed by atoms with Gasteiger partial charge < -0.3 is 10.2 Å². The first-order valence-electron chi connectivity index (χ1n) is 6.41. The summed E-state index contributed by atoms with van der Waals surface area (Å²) in [5, 5.41) is 3.54. The zero-order chi connectivity index (χ0) is 11.0. The van der Waals surface area contributed by atoms with E-state index in [2.05, 4.69) is 35.5 Å². The molecular formula is C14H20N2. The van der Waals surface area contributed by atoms with Crippen LogP contribution in [0.1, 0.15) is 24.8 Å². The first-order valence-corrected chi connectivity index (χ1v) is 6.41. The molecule has 0 saturated heterocycles. The van der Waals surface area contributed by atoms with E-state index in [4.69, 9.17) is 0 Å². The molecule has 1 saturated carbocycles. The normalized spacial score (nSPS) is 18.7. The van der Waals surface area contributed by atoms with Crippen molar-refractivity contribution in [3.63, 3.8) is 0 Å². The number of hydrogen-bond acceptors (Lipinski definition) is 2. The molecule has 1 aromatic carbocycles. The van der Waals surface area contributed by atoms with E-state index in [0.29, 0.717) is 0 Å². The van der Waals surface area contributed by atoms with Crippen LogP contribution in [0.5, 0.6) is 0 Å². The molecule has 2 aliphatic rings. The molecule has 1 fully saturated rings. The summed E-state index contributed by atoms with van der Waals surface area (Å²) in [6, 6.07) is 6.79. The monoisotopic (exact) mass is 216 g/mol. The van der Waals surface area contributed by atoms with Crippen LogP contribution in [-0.2, 0) is 6.42 Å². The second kappa shape index (κ2) is 4.00. The molecule has 86 valence electrons. The van der Waals surface area contributed by atoms with E-state index in [1.165, 1.54) is 49.2 Å². The number of likely N-dealkylation sites (N-methyl/N-ethyl adjacent to an activating group) is 1. The second-order valence-electron chi connectivity index (χ2n) is 5.17. The quantitative estimate of drug-likeness (QED) is 0.832. The van der Waals surface area contributed by atoms with Crippen LogP contribution >= 0.6 is 0 Å². The minimum Gasteiger partial charge on any atom is -0.385 e. The van der Waals surface area contributed by atoms with Gasteiger partial charge in [-0.3, -0.25) is 0 Å². The Morgan fingerprint density at radius 2 is 2.25 bits per heavy atom. The first-order chi connectivity index (χ1) is 7.83. The molecule has 0 radical (unpaired) electrons. The third-order valence-electron chi connectivity index (χ3n) is 3.79. The Bertz CT molecular complexity index is 382. The average molecular weight is 216 g/mol. The van der Waals surface area contributed by atoms with Gasteiger partial charge in [0.05, 0.1) is 0 Å². The summed E-state index contributed by atoms with van der Waals surface area (Å²) < 4.78 is 0. The Morgan fingerprint density at radius 3 is 3.06 bits per heavy atom. The molecule has 1 aromatic rings. The van der Waals surface area contributed by atoms with Gasteiger partial charge in [0.25, 0.3) is 0 Å². The molecule has 0 aromatic heterocycles. The first kappa shape index (κ1) is 10.0. The molecular weight excluding hydrogens is 196 g/mol. The highest BCUT2D eigenvalue weighted by atomic mass is 15.1. The molecule has 0 unspecified atom stereocenters. The number of benzene rings is 1. The third-order valence-corrected chi connectivity index (χ3v) is 3.79. The third kappa shape index (κ3) is 2.01. The molecule has 1 aliphatic carbocycles. The maximum absolute atomic E-state index is 3.54. The van der Waals surface area contributed by atoms with Gasteiger partial charge in [-0.05, 0) is 42.5 Å². The minimum atomic E-state index is 1.02. The Kier molecular flexibility index (Phi) is 2.50. The number of nitrogens with zero attached hydrogens (tertiary/aromatic N) is 1. The van der Waals surface area contributed by atoms with Crippen molar-refractivity contribution < 1.29 is 0 Å². The maximum Gasteiger partial charge on any atom is 0.0398 e. The zero-order valence-electron chi connectivity index (χ0n) is 10.00. The van der Waals surface area contributed by atoms with Gasteiger partial charge >= 0.3 is 0 Å². The highest BCUT2D eigenvalue weighted by Gasteiger charge is 2.20. The van der Waals surface area contributed by atoms with Gasteiger partial charge in [0.1, 0.15) is 0 Å². The highest BCUT2D eigenvalue weighted by molar-refractivity contribution is 5.63. The molecule has 1 heterocycles. The molecule has 0 amide bonds. The Balaban J connectivity index is 1.62. The van der Waals surface area contributed by atoms with Gasteiger partial charge in [0, 0.05) is 31.5 Å². The minimum absolute atomic E-state index is 1.02. The summed E-state index contributed by atoms with van der Waals surface area (Å²) in [7, 11) is 2.17. The Hall–Kier alpha value is -1.18. The fourth-order valence-electron chi connectivity index (χ4n) is 2.50. The van der Waals surface area contributed by atoms with Crippen LogP contribution < -0.4 is 10.2 Å². The summed E-state index contributed by atoms with van der Waals surface area (Å²) in [5.41, 5.74) is 4.21. The predicted octanol–water partition coefficient (Wildman–Crippen LogP) is 2.89. The van der Waals surface area contributed by atoms with Crippen LogP contribution in [0.15, 0.2) is 18.2 Å². The van der Waals surface area contributed by atoms with Gasteiger partial charge in [-0.2, -0.15) is 0 Å². The summed E-state index contributed by atoms with van der Waals surface area (Å²) in [5.74, 6) is 1.02. The van der Waals surface area contributed by atoms with Crippen molar-refractivity contribution >= 4 is 11.4 Å². The number of hydrogen-bond donors (Lipinski definition) is 1. The van der Waals surface area contributed by atoms with Crippen LogP contribution in [-0.4, -0.2) is 20.1 Å². The van der Waals surface area contributed by atoms with Crippen molar-refractivity contribution in [1.82, 2.24) is 0 Å². The lowest BCUT2D eigenvalue weighted by Crippen LogP contribution is -2.12. The van der Waals surface area contributed by atoms with Gasteiger partial charge in [0.15, 0.2) is 0 Å². The van der Waals surface area contributed by atoms with Crippen LogP contribution in [0, 0.1) is 5.92 Å². The van der Waals surface area contributed by atoms with Gasteiger partial charge in [-0.25, -0.2) is 0 Å². The SMILES string of the molecule is CN1CCc2cc(NCCC3CC3)ccc21. The second-order valence-corrected chi connectivity index (χ2v) is 5.17. The van der Waals surface area contributed by atoms with Gasteiger partial charge in [-0.15, -0.1) is 0 Å². The Morgan fingerprint density at radius 1 is 1.38 bits per heavy atom. The fourth-order valence-corrected chi connectivity index (χ4v) is 2.50. The topological polar surface area (TPSA) is 15.3 Å². The van der Waals surface area contributed by atoms with Crippen molar-refractivity contribution in [3.8, 4) is 0 Å². The van der Waals surface area contributed by atoms with E-state index in [-0.39, 0.29) is 0 Å². The molecule has 2 heteroatoms. The predicted molar refractivity (Wildman–Crippen MR) is 69.2 cm³/mol. The maximum atomic E-state index is 3.54. The van der Waals surface area contributed by atoms with Gasteiger partial charge in [0.2, 0.25) is 0 Å². The van der Waals surface area contributed by atoms with E-state index < -0.39 is 0 Å². The van der Waals surface area contributed by atoms with E-state index in [1.54, 1.807) is 0 Å². The highest BCUT2D eigenvalue weighted by Crippen LogP contribution is 2.32. The number of anilines is 2. The fraction of sp³-hybridized carbons (Fsp3) is 0.571. The van der Waals surface area contributed by atoms with Crippen LogP contribution in [0.3, 0.4) is 0 Å². The number of rotatable bonds is 4. The lowest BCUT2D eigenvalue weighted by atomic mass is 10.1. The standard InChI is InChI=1S/C14H20N2/c1-16-9-7-12-10-13(4-5-14(12)16)15-8-6-11-2-3-11/h4-5,10-11,15H,2-3,6-9H2,1H3. The smallest absolute Gasteiger partial charge is 0.0398 e. The van der Waals surface area contributed by atoms with Crippen LogP contribution in [0.2, 0.25) is 0 Å². The summed E-state index contributed by atoms with van der Waals surface area (Å²) >= 11 is 0. The summed E-state index contributed by atoms with van der Waals surface area (Å²) in [4.78, 5) is 2.34. The molecule has 0 atom stereocenters. The van der Waals surface area contributed by atoms with Crippen molar-refractivity contribution in [2.75, 3.05) is 30.4 Å². The molecule has 1 aliphatic heterocycles. The molecule has 3 rings (SSSR count). The van der Waals surface area contributed by atoms with Crippen LogP contribution in [0.25, 0.3) is 0 Å². The molecule has 0 bridgehead atoms. The van der Waals surface area contributed by atoms with E-state index in [1.807, 2.05) is 0 Å². The largest absolute Gasteiger partial charge is 0.385 e. The van der Waals surface area contributed by atoms with Crippen molar-refractivity contribution in [1.29, 1.82) is 0 Å². The molecule has 0 spiro atoms. The van der Waals surface area contributed by atoms with E-state index >= 15 is 0 Å². The Labute approximate surface area is 97.6 Å². The van der Waals surface area contributed by atoms with Crippen molar-refractivity contribution in [2.24, 2.45) is 5.92 Å². The average Bonchev–Trinajstić information content (AvgIpc) is 3.04. The van der Waals surface area contributed by atoms with Crippen LogP contribution in [0.4, 0.5) is 11.4 Å². The van der Waals surface area contributed by atoms with Crippen molar-refractivity contribution in [3.05, 3.63) is 23.8 Å². The van der Waals surface area contributed by atoms with Gasteiger partial charge in [-0.1, -0.05) is 12.8 Å². The number of nitrogens with one attached hydrogen (secondary N) is 1. The van der Waals surface area contributed by atoms with Crippen molar-refractivity contribution in [2.45, 2.75) is 25.7 Å². The summed E-state index contributed by atoms with van der Waals surface area (Å²) in [6.45, 7) is 2.31. The summed E-state index contributed by atoms with van der Waals surface area (Å²) in [6.07, 6.45) is 5.45.